The van der Waals surface area contributed by atoms with Crippen LogP contribution in [0, 0.1) is 0 Å². The van der Waals surface area contributed by atoms with Gasteiger partial charge in [0.1, 0.15) is 0 Å². The van der Waals surface area contributed by atoms with Gasteiger partial charge >= 0.3 is 5.95 Å². The van der Waals surface area contributed by atoms with Crippen LogP contribution in [-0.4, -0.2) is 33.5 Å². The molecule has 0 spiro atoms. The highest BCUT2D eigenvalue weighted by Gasteiger charge is 2.27. The Kier molecular flexibility index (Phi) is 4.68. The summed E-state index contributed by atoms with van der Waals surface area (Å²) in [4.78, 5) is 11.3. The summed E-state index contributed by atoms with van der Waals surface area (Å²) < 4.78 is 20.7. The Morgan fingerprint density at radius 2 is 2.06 bits per heavy atom. The molecule has 1 unspecified atom stereocenters. The van der Waals surface area contributed by atoms with Gasteiger partial charge in [0.25, 0.3) is 0 Å². The van der Waals surface area contributed by atoms with E-state index >= 15 is 0 Å². The highest BCUT2D eigenvalue weighted by atomic mass is 16.7. The van der Waals surface area contributed by atoms with E-state index in [-0.39, 0.29) is 11.9 Å². The largest absolute Gasteiger partial charge is 0.493 e. The van der Waals surface area contributed by atoms with E-state index < -0.39 is 6.23 Å². The first-order valence-electron chi connectivity index (χ1n) is 5.20. The zero-order chi connectivity index (χ0) is 12.8. The number of carbonyl (C=O) groups excluding carboxylic acids is 1. The first kappa shape index (κ1) is 13.2. The van der Waals surface area contributed by atoms with Crippen LogP contribution in [0.1, 0.15) is 13.3 Å². The first-order valence-corrected chi connectivity index (χ1v) is 5.20. The number of amides is 1. The Bertz CT molecular complexity index is 348. The number of hydrogen-bond acceptors (Lipinski definition) is 5. The SMILES string of the molecule is CCC(=O)NC1C=C(OC)C(OC)=C(OC)O1. The molecular weight excluding hydrogens is 226 g/mol. The summed E-state index contributed by atoms with van der Waals surface area (Å²) in [5.74, 6) is 0.861. The van der Waals surface area contributed by atoms with Gasteiger partial charge in [-0.1, -0.05) is 6.92 Å². The van der Waals surface area contributed by atoms with Gasteiger partial charge in [0.05, 0.1) is 21.3 Å². The van der Waals surface area contributed by atoms with Crippen molar-refractivity contribution in [2.45, 2.75) is 19.6 Å². The molecule has 6 nitrogen and oxygen atoms in total. The van der Waals surface area contributed by atoms with Crippen LogP contribution < -0.4 is 5.32 Å². The minimum atomic E-state index is -0.619. The Hall–Kier alpha value is -1.85. The minimum absolute atomic E-state index is 0.127. The van der Waals surface area contributed by atoms with E-state index in [1.807, 2.05) is 0 Å². The molecule has 0 radical (unpaired) electrons. The van der Waals surface area contributed by atoms with Crippen molar-refractivity contribution in [3.05, 3.63) is 23.5 Å². The lowest BCUT2D eigenvalue weighted by Crippen LogP contribution is -2.37. The van der Waals surface area contributed by atoms with Crippen LogP contribution in [0.4, 0.5) is 0 Å². The second kappa shape index (κ2) is 6.03. The molecule has 1 rings (SSSR count). The van der Waals surface area contributed by atoms with Gasteiger partial charge in [-0.3, -0.25) is 4.79 Å². The average molecular weight is 243 g/mol. The molecule has 0 aromatic carbocycles. The zero-order valence-electron chi connectivity index (χ0n) is 10.4. The van der Waals surface area contributed by atoms with Gasteiger partial charge in [0.2, 0.25) is 11.7 Å². The highest BCUT2D eigenvalue weighted by molar-refractivity contribution is 5.75. The Labute approximate surface area is 100 Å². The normalized spacial score (nSPS) is 19.1. The maximum absolute atomic E-state index is 11.3. The predicted octanol–water partition coefficient (Wildman–Crippen LogP) is 0.861. The van der Waals surface area contributed by atoms with Crippen molar-refractivity contribution in [1.82, 2.24) is 5.32 Å². The standard InChI is InChI=1S/C11H17NO5/c1-5-8(13)12-9-6-7(14-2)10(15-3)11(16-4)17-9/h6,9H,5H2,1-4H3,(H,12,13). The molecule has 17 heavy (non-hydrogen) atoms. The third-order valence-corrected chi connectivity index (χ3v) is 2.18. The summed E-state index contributed by atoms with van der Waals surface area (Å²) in [6, 6.07) is 0. The van der Waals surface area contributed by atoms with Gasteiger partial charge in [0.15, 0.2) is 12.0 Å². The van der Waals surface area contributed by atoms with E-state index in [2.05, 4.69) is 5.32 Å². The third-order valence-electron chi connectivity index (χ3n) is 2.18. The molecule has 1 aliphatic rings. The van der Waals surface area contributed by atoms with Crippen molar-refractivity contribution in [1.29, 1.82) is 0 Å². The van der Waals surface area contributed by atoms with Crippen molar-refractivity contribution >= 4 is 5.91 Å². The van der Waals surface area contributed by atoms with Crippen LogP contribution >= 0.6 is 0 Å². The maximum atomic E-state index is 11.3. The molecule has 1 aliphatic heterocycles. The van der Waals surface area contributed by atoms with Crippen molar-refractivity contribution < 1.29 is 23.7 Å². The second-order valence-electron chi connectivity index (χ2n) is 3.22. The first-order chi connectivity index (χ1) is 8.15. The molecule has 1 atom stereocenters. The van der Waals surface area contributed by atoms with Crippen LogP contribution in [0.25, 0.3) is 0 Å². The maximum Gasteiger partial charge on any atom is 0.329 e. The van der Waals surface area contributed by atoms with Crippen LogP contribution in [0.2, 0.25) is 0 Å². The lowest BCUT2D eigenvalue weighted by molar-refractivity contribution is -0.124. The van der Waals surface area contributed by atoms with Gasteiger partial charge < -0.3 is 24.3 Å². The lowest BCUT2D eigenvalue weighted by Gasteiger charge is -2.25. The van der Waals surface area contributed by atoms with Crippen LogP contribution in [0.3, 0.4) is 0 Å². The fraction of sp³-hybridized carbons (Fsp3) is 0.545. The Balaban J connectivity index is 2.87. The van der Waals surface area contributed by atoms with Crippen LogP contribution in [0.15, 0.2) is 23.5 Å². The van der Waals surface area contributed by atoms with Gasteiger partial charge in [-0.05, 0) is 0 Å². The van der Waals surface area contributed by atoms with Gasteiger partial charge in [-0.2, -0.15) is 0 Å². The predicted molar refractivity (Wildman–Crippen MR) is 59.4 cm³/mol. The smallest absolute Gasteiger partial charge is 0.329 e. The summed E-state index contributed by atoms with van der Waals surface area (Å²) in [5.41, 5.74) is 0. The van der Waals surface area contributed by atoms with Gasteiger partial charge in [-0.15, -0.1) is 0 Å². The van der Waals surface area contributed by atoms with E-state index in [0.717, 1.165) is 0 Å². The van der Waals surface area contributed by atoms with Crippen molar-refractivity contribution in [2.24, 2.45) is 0 Å². The molecule has 0 bridgehead atoms. The van der Waals surface area contributed by atoms with Gasteiger partial charge in [-0.25, -0.2) is 0 Å². The number of ether oxygens (including phenoxy) is 4. The summed E-state index contributed by atoms with van der Waals surface area (Å²) >= 11 is 0. The van der Waals surface area contributed by atoms with E-state index in [0.29, 0.717) is 17.9 Å². The van der Waals surface area contributed by atoms with Crippen molar-refractivity contribution in [3.63, 3.8) is 0 Å². The van der Waals surface area contributed by atoms with E-state index in [1.54, 1.807) is 13.0 Å². The topological polar surface area (TPSA) is 66.0 Å². The number of methoxy groups -OCH3 is 3. The monoisotopic (exact) mass is 243 g/mol. The number of nitrogens with one attached hydrogen (secondary N) is 1. The zero-order valence-corrected chi connectivity index (χ0v) is 10.4. The van der Waals surface area contributed by atoms with Gasteiger partial charge in [0, 0.05) is 12.5 Å². The number of hydrogen-bond donors (Lipinski definition) is 1. The van der Waals surface area contributed by atoms with Crippen molar-refractivity contribution in [2.75, 3.05) is 21.3 Å². The number of carbonyl (C=O) groups is 1. The highest BCUT2D eigenvalue weighted by Crippen LogP contribution is 2.24. The molecule has 0 aliphatic carbocycles. The minimum Gasteiger partial charge on any atom is -0.493 e. The summed E-state index contributed by atoms with van der Waals surface area (Å²) in [6.07, 6.45) is 1.36. The molecule has 96 valence electrons. The molecule has 0 saturated heterocycles. The molecule has 6 heteroatoms. The third kappa shape index (κ3) is 3.05. The molecule has 0 aromatic heterocycles. The van der Waals surface area contributed by atoms with E-state index in [4.69, 9.17) is 18.9 Å². The summed E-state index contributed by atoms with van der Waals surface area (Å²) in [5, 5.41) is 2.65. The number of rotatable bonds is 5. The molecule has 0 aromatic rings. The Morgan fingerprint density at radius 3 is 2.53 bits per heavy atom. The van der Waals surface area contributed by atoms with Crippen LogP contribution in [0.5, 0.6) is 0 Å². The average Bonchev–Trinajstić information content (AvgIpc) is 2.37. The molecule has 1 amide bonds. The lowest BCUT2D eigenvalue weighted by atomic mass is 10.3. The Morgan fingerprint density at radius 1 is 1.35 bits per heavy atom. The molecule has 0 saturated carbocycles. The quantitative estimate of drug-likeness (QED) is 0.775. The van der Waals surface area contributed by atoms with Crippen molar-refractivity contribution in [3.8, 4) is 0 Å². The second-order valence-corrected chi connectivity index (χ2v) is 3.22. The summed E-state index contributed by atoms with van der Waals surface area (Å²) in [7, 11) is 4.43. The molecule has 1 heterocycles. The fourth-order valence-corrected chi connectivity index (χ4v) is 1.33. The van der Waals surface area contributed by atoms with Crippen LogP contribution in [-0.2, 0) is 23.7 Å². The molecular formula is C11H17NO5. The molecule has 1 N–H and O–H groups in total. The summed E-state index contributed by atoms with van der Waals surface area (Å²) in [6.45, 7) is 1.76. The van der Waals surface area contributed by atoms with E-state index in [1.165, 1.54) is 21.3 Å². The molecule has 0 fully saturated rings. The van der Waals surface area contributed by atoms with E-state index in [9.17, 15) is 4.79 Å². The fourth-order valence-electron chi connectivity index (χ4n) is 1.33.